The minimum absolute atomic E-state index is 0.161. The first kappa shape index (κ1) is 19.7. The normalized spacial score (nSPS) is 18.5. The molecule has 0 N–H and O–H groups in total. The van der Waals surface area contributed by atoms with Crippen LogP contribution < -0.4 is 0 Å². The summed E-state index contributed by atoms with van der Waals surface area (Å²) in [6, 6.07) is 12.2. The molecule has 2 saturated heterocycles. The van der Waals surface area contributed by atoms with E-state index in [0.717, 1.165) is 59.2 Å². The molecule has 2 aliphatic rings. The Hall–Kier alpha value is -2.22. The molecule has 158 valence electrons. The van der Waals surface area contributed by atoms with Gasteiger partial charge in [0.25, 0.3) is 5.91 Å². The van der Waals surface area contributed by atoms with Crippen molar-refractivity contribution in [2.45, 2.75) is 19.8 Å². The molecule has 1 amide bonds. The van der Waals surface area contributed by atoms with Gasteiger partial charge in [0.05, 0.1) is 16.3 Å². The molecule has 3 aromatic rings. The van der Waals surface area contributed by atoms with Gasteiger partial charge < -0.3 is 9.80 Å². The Bertz CT molecular complexity index is 1010. The highest BCUT2D eigenvalue weighted by molar-refractivity contribution is 7.20. The molecule has 0 saturated carbocycles. The van der Waals surface area contributed by atoms with Crippen molar-refractivity contribution in [2.24, 2.45) is 0 Å². The number of fused-ring (bicyclic) bond motifs is 1. The summed E-state index contributed by atoms with van der Waals surface area (Å²) in [5.74, 6) is 0.161. The van der Waals surface area contributed by atoms with Crippen molar-refractivity contribution in [1.29, 1.82) is 0 Å². The average Bonchev–Trinajstić information content (AvgIpc) is 3.51. The lowest BCUT2D eigenvalue weighted by Crippen LogP contribution is -2.50. The number of hydrogen-bond donors (Lipinski definition) is 0. The van der Waals surface area contributed by atoms with E-state index < -0.39 is 0 Å². The van der Waals surface area contributed by atoms with Gasteiger partial charge in [0.2, 0.25) is 0 Å². The van der Waals surface area contributed by atoms with E-state index in [2.05, 4.69) is 27.0 Å². The Morgan fingerprint density at radius 1 is 0.967 bits per heavy atom. The number of para-hydroxylation sites is 1. The van der Waals surface area contributed by atoms with E-state index in [-0.39, 0.29) is 5.91 Å². The van der Waals surface area contributed by atoms with E-state index in [4.69, 9.17) is 0 Å². The van der Waals surface area contributed by atoms with Gasteiger partial charge in [-0.15, -0.1) is 11.3 Å². The van der Waals surface area contributed by atoms with Gasteiger partial charge >= 0.3 is 0 Å². The molecule has 5 rings (SSSR count). The SMILES string of the molecule is Cc1nn(-c2ccccc2)c2sc(C(=O)N3CCN(CCN4CCCC4)CC3)cc12. The Balaban J connectivity index is 1.25. The molecule has 0 radical (unpaired) electrons. The molecule has 2 aliphatic heterocycles. The third-order valence-electron chi connectivity index (χ3n) is 6.35. The first-order chi connectivity index (χ1) is 14.7. The Morgan fingerprint density at radius 3 is 2.33 bits per heavy atom. The van der Waals surface area contributed by atoms with Crippen molar-refractivity contribution >= 4 is 27.5 Å². The number of aromatic nitrogens is 2. The van der Waals surface area contributed by atoms with Gasteiger partial charge in [-0.05, 0) is 51.1 Å². The summed E-state index contributed by atoms with van der Waals surface area (Å²) in [5, 5.41) is 5.77. The van der Waals surface area contributed by atoms with E-state index in [1.165, 1.54) is 32.5 Å². The number of benzene rings is 1. The fourth-order valence-corrected chi connectivity index (χ4v) is 5.67. The number of carbonyl (C=O) groups is 1. The lowest BCUT2D eigenvalue weighted by Gasteiger charge is -2.35. The van der Waals surface area contributed by atoms with Crippen LogP contribution in [0, 0.1) is 6.92 Å². The molecular weight excluding hydrogens is 394 g/mol. The summed E-state index contributed by atoms with van der Waals surface area (Å²) < 4.78 is 1.96. The standard InChI is InChI=1S/C23H29N5OS/c1-18-20-17-21(30-23(20)28(24-18)19-7-3-2-4-8-19)22(29)27-15-13-26(14-16-27)12-11-25-9-5-6-10-25/h2-4,7-8,17H,5-6,9-16H2,1H3. The van der Waals surface area contributed by atoms with Crippen molar-refractivity contribution in [3.63, 3.8) is 0 Å². The third kappa shape index (κ3) is 3.89. The molecular formula is C23H29N5OS. The predicted octanol–water partition coefficient (Wildman–Crippen LogP) is 3.25. The summed E-state index contributed by atoms with van der Waals surface area (Å²) in [6.45, 7) is 10.4. The van der Waals surface area contributed by atoms with Crippen molar-refractivity contribution in [3.8, 4) is 5.69 Å². The zero-order valence-corrected chi connectivity index (χ0v) is 18.4. The van der Waals surface area contributed by atoms with Crippen molar-refractivity contribution in [1.82, 2.24) is 24.5 Å². The van der Waals surface area contributed by atoms with E-state index in [1.54, 1.807) is 11.3 Å². The van der Waals surface area contributed by atoms with Crippen LogP contribution in [-0.4, -0.2) is 82.7 Å². The quantitative estimate of drug-likeness (QED) is 0.632. The minimum Gasteiger partial charge on any atom is -0.335 e. The molecule has 4 heterocycles. The number of amides is 1. The summed E-state index contributed by atoms with van der Waals surface area (Å²) in [5.41, 5.74) is 2.00. The van der Waals surface area contributed by atoms with Gasteiger partial charge in [-0.25, -0.2) is 4.68 Å². The molecule has 0 spiro atoms. The molecule has 1 aromatic carbocycles. The van der Waals surface area contributed by atoms with Crippen molar-refractivity contribution < 1.29 is 4.79 Å². The van der Waals surface area contributed by atoms with Crippen molar-refractivity contribution in [3.05, 3.63) is 47.0 Å². The Morgan fingerprint density at radius 2 is 1.63 bits per heavy atom. The second-order valence-corrected chi connectivity index (χ2v) is 9.38. The monoisotopic (exact) mass is 423 g/mol. The lowest BCUT2D eigenvalue weighted by atomic mass is 10.2. The van der Waals surface area contributed by atoms with Gasteiger partial charge in [-0.2, -0.15) is 5.10 Å². The Kier molecular flexibility index (Phi) is 5.58. The van der Waals surface area contributed by atoms with E-state index in [0.29, 0.717) is 0 Å². The fourth-order valence-electron chi connectivity index (χ4n) is 4.52. The van der Waals surface area contributed by atoms with Gasteiger partial charge in [-0.1, -0.05) is 18.2 Å². The van der Waals surface area contributed by atoms with E-state index in [1.807, 2.05) is 40.8 Å². The number of likely N-dealkylation sites (tertiary alicyclic amines) is 1. The second kappa shape index (κ2) is 8.49. The molecule has 7 heteroatoms. The molecule has 2 aromatic heterocycles. The molecule has 2 fully saturated rings. The number of carbonyl (C=O) groups excluding carboxylic acids is 1. The average molecular weight is 424 g/mol. The summed E-state index contributed by atoms with van der Waals surface area (Å²) >= 11 is 1.56. The molecule has 30 heavy (non-hydrogen) atoms. The van der Waals surface area contributed by atoms with Crippen LogP contribution in [-0.2, 0) is 0 Å². The second-order valence-electron chi connectivity index (χ2n) is 8.34. The number of aryl methyl sites for hydroxylation is 1. The van der Waals surface area contributed by atoms with E-state index in [9.17, 15) is 4.79 Å². The number of thiophene rings is 1. The van der Waals surface area contributed by atoms with Gasteiger partial charge in [0, 0.05) is 44.7 Å². The fraction of sp³-hybridized carbons (Fsp3) is 0.478. The molecule has 0 unspecified atom stereocenters. The zero-order chi connectivity index (χ0) is 20.5. The first-order valence-corrected chi connectivity index (χ1v) is 11.8. The number of hydrogen-bond acceptors (Lipinski definition) is 5. The summed E-state index contributed by atoms with van der Waals surface area (Å²) in [7, 11) is 0. The smallest absolute Gasteiger partial charge is 0.264 e. The maximum absolute atomic E-state index is 13.2. The number of nitrogens with zero attached hydrogens (tertiary/aromatic N) is 5. The number of piperazine rings is 1. The number of rotatable bonds is 5. The minimum atomic E-state index is 0.161. The molecule has 6 nitrogen and oxygen atoms in total. The molecule has 0 aliphatic carbocycles. The van der Waals surface area contributed by atoms with Gasteiger partial charge in [-0.3, -0.25) is 9.69 Å². The lowest BCUT2D eigenvalue weighted by molar-refractivity contribution is 0.0631. The van der Waals surface area contributed by atoms with Crippen LogP contribution in [0.3, 0.4) is 0 Å². The van der Waals surface area contributed by atoms with Gasteiger partial charge in [0.1, 0.15) is 4.83 Å². The predicted molar refractivity (Wildman–Crippen MR) is 122 cm³/mol. The highest BCUT2D eigenvalue weighted by Gasteiger charge is 2.25. The zero-order valence-electron chi connectivity index (χ0n) is 17.6. The summed E-state index contributed by atoms with van der Waals surface area (Å²) in [4.78, 5) is 22.1. The highest BCUT2D eigenvalue weighted by atomic mass is 32.1. The maximum Gasteiger partial charge on any atom is 0.264 e. The molecule has 0 atom stereocenters. The molecule has 0 bridgehead atoms. The first-order valence-electron chi connectivity index (χ1n) is 11.0. The van der Waals surface area contributed by atoms with Crippen molar-refractivity contribution in [2.75, 3.05) is 52.4 Å². The Labute approximate surface area is 181 Å². The van der Waals surface area contributed by atoms with Crippen LogP contribution in [0.5, 0.6) is 0 Å². The third-order valence-corrected chi connectivity index (χ3v) is 7.45. The van der Waals surface area contributed by atoms with E-state index >= 15 is 0 Å². The summed E-state index contributed by atoms with van der Waals surface area (Å²) in [6.07, 6.45) is 2.69. The van der Waals surface area contributed by atoms with Crippen LogP contribution >= 0.6 is 11.3 Å². The van der Waals surface area contributed by atoms with Crippen LogP contribution in [0.4, 0.5) is 0 Å². The highest BCUT2D eigenvalue weighted by Crippen LogP contribution is 2.31. The maximum atomic E-state index is 13.2. The van der Waals surface area contributed by atoms with Gasteiger partial charge in [0.15, 0.2) is 0 Å². The van der Waals surface area contributed by atoms with Crippen LogP contribution in [0.2, 0.25) is 0 Å². The topological polar surface area (TPSA) is 44.6 Å². The van der Waals surface area contributed by atoms with Crippen LogP contribution in [0.25, 0.3) is 15.9 Å². The largest absolute Gasteiger partial charge is 0.335 e. The van der Waals surface area contributed by atoms with Crippen LogP contribution in [0.1, 0.15) is 28.2 Å². The van der Waals surface area contributed by atoms with Crippen LogP contribution in [0.15, 0.2) is 36.4 Å².